The molecule has 3 rings (SSSR count). The van der Waals surface area contributed by atoms with Crippen molar-refractivity contribution in [3.05, 3.63) is 95.1 Å². The largest absolute Gasteiger partial charge is 0.508 e. The van der Waals surface area contributed by atoms with Gasteiger partial charge in [-0.1, -0.05) is 55.7 Å². The summed E-state index contributed by atoms with van der Waals surface area (Å²) in [6.45, 7) is 4.03. The van der Waals surface area contributed by atoms with Crippen LogP contribution in [0, 0.1) is 11.8 Å². The first-order chi connectivity index (χ1) is 14.1. The van der Waals surface area contributed by atoms with Crippen molar-refractivity contribution >= 4 is 11.1 Å². The van der Waals surface area contributed by atoms with E-state index in [1.165, 1.54) is 5.57 Å². The van der Waals surface area contributed by atoms with Crippen molar-refractivity contribution in [1.82, 2.24) is 0 Å². The third-order valence-electron chi connectivity index (χ3n) is 4.90. The van der Waals surface area contributed by atoms with Gasteiger partial charge in [0.15, 0.2) is 0 Å². The molecule has 0 atom stereocenters. The first kappa shape index (κ1) is 20.3. The molecule has 2 N–H and O–H groups in total. The van der Waals surface area contributed by atoms with Gasteiger partial charge in [0.25, 0.3) is 0 Å². The molecule has 0 aliphatic rings. The lowest BCUT2D eigenvalue weighted by Gasteiger charge is -2.18. The van der Waals surface area contributed by atoms with Crippen LogP contribution >= 0.6 is 0 Å². The molecule has 0 fully saturated rings. The lowest BCUT2D eigenvalue weighted by Crippen LogP contribution is -1.96. The Labute approximate surface area is 173 Å². The molecule has 2 nitrogen and oxygen atoms in total. The topological polar surface area (TPSA) is 40.5 Å². The molecule has 3 aromatic carbocycles. The summed E-state index contributed by atoms with van der Waals surface area (Å²) in [4.78, 5) is 0. The van der Waals surface area contributed by atoms with Crippen LogP contribution in [-0.2, 0) is 0 Å². The second kappa shape index (κ2) is 9.66. The van der Waals surface area contributed by atoms with E-state index in [0.29, 0.717) is 0 Å². The predicted molar refractivity (Wildman–Crippen MR) is 121 cm³/mol. The molecule has 3 aromatic rings. The van der Waals surface area contributed by atoms with Gasteiger partial charge in [0.2, 0.25) is 0 Å². The molecular weight excluding hydrogens is 356 g/mol. The number of phenolic OH excluding ortho intramolecular Hbond substituents is 2. The van der Waals surface area contributed by atoms with Crippen molar-refractivity contribution in [2.75, 3.05) is 0 Å². The number of unbranched alkanes of at least 4 members (excludes halogenated alkanes) is 1. The van der Waals surface area contributed by atoms with Crippen LogP contribution in [-0.4, -0.2) is 10.2 Å². The van der Waals surface area contributed by atoms with E-state index < -0.39 is 0 Å². The average molecular weight is 383 g/mol. The third-order valence-corrected chi connectivity index (χ3v) is 4.90. The molecule has 0 unspecified atom stereocenters. The minimum atomic E-state index is 0.247. The van der Waals surface area contributed by atoms with Gasteiger partial charge in [0.05, 0.1) is 0 Å². The maximum Gasteiger partial charge on any atom is 0.115 e. The number of hydrogen-bond acceptors (Lipinski definition) is 2. The summed E-state index contributed by atoms with van der Waals surface area (Å²) < 4.78 is 0. The maximum atomic E-state index is 9.76. The van der Waals surface area contributed by atoms with Gasteiger partial charge in [0, 0.05) is 5.56 Å². The van der Waals surface area contributed by atoms with E-state index in [9.17, 15) is 10.2 Å². The highest BCUT2D eigenvalue weighted by molar-refractivity contribution is 5.98. The second-order valence-electron chi connectivity index (χ2n) is 7.00. The normalized spacial score (nSPS) is 10.1. The van der Waals surface area contributed by atoms with Crippen LogP contribution in [0.3, 0.4) is 0 Å². The van der Waals surface area contributed by atoms with Crippen LogP contribution in [0.5, 0.6) is 11.5 Å². The molecular formula is C27H26O2. The van der Waals surface area contributed by atoms with E-state index in [1.807, 2.05) is 31.2 Å². The highest BCUT2D eigenvalue weighted by atomic mass is 16.3. The zero-order valence-electron chi connectivity index (χ0n) is 16.9. The average Bonchev–Trinajstić information content (AvgIpc) is 2.74. The Balaban J connectivity index is 2.23. The highest BCUT2D eigenvalue weighted by Gasteiger charge is 2.14. The smallest absolute Gasteiger partial charge is 0.115 e. The van der Waals surface area contributed by atoms with Crippen molar-refractivity contribution in [2.45, 2.75) is 33.1 Å². The Morgan fingerprint density at radius 1 is 0.724 bits per heavy atom. The van der Waals surface area contributed by atoms with E-state index in [0.717, 1.165) is 47.1 Å². The van der Waals surface area contributed by atoms with Crippen LogP contribution in [0.25, 0.3) is 11.1 Å². The van der Waals surface area contributed by atoms with E-state index in [-0.39, 0.29) is 11.5 Å². The number of hydrogen-bond donors (Lipinski definition) is 2. The van der Waals surface area contributed by atoms with Crippen molar-refractivity contribution < 1.29 is 10.2 Å². The Morgan fingerprint density at radius 3 is 1.66 bits per heavy atom. The molecule has 0 aliphatic carbocycles. The summed E-state index contributed by atoms with van der Waals surface area (Å²) in [5.41, 5.74) is 6.61. The third kappa shape index (κ3) is 5.09. The molecule has 0 saturated heterocycles. The number of phenols is 2. The van der Waals surface area contributed by atoms with Crippen molar-refractivity contribution in [1.29, 1.82) is 0 Å². The van der Waals surface area contributed by atoms with E-state index in [4.69, 9.17) is 0 Å². The van der Waals surface area contributed by atoms with Crippen molar-refractivity contribution in [3.63, 3.8) is 0 Å². The Hall–Kier alpha value is -3.44. The maximum absolute atomic E-state index is 9.76. The Morgan fingerprint density at radius 2 is 1.21 bits per heavy atom. The summed E-state index contributed by atoms with van der Waals surface area (Å²) in [5, 5.41) is 19.5. The summed E-state index contributed by atoms with van der Waals surface area (Å²) in [7, 11) is 0. The van der Waals surface area contributed by atoms with Gasteiger partial charge in [-0.25, -0.2) is 0 Å². The number of allylic oxidation sites excluding steroid dienone is 1. The van der Waals surface area contributed by atoms with Gasteiger partial charge >= 0.3 is 0 Å². The molecule has 2 heteroatoms. The molecule has 146 valence electrons. The van der Waals surface area contributed by atoms with Crippen molar-refractivity contribution in [2.24, 2.45) is 0 Å². The Kier molecular flexibility index (Phi) is 6.76. The molecule has 0 aliphatic heterocycles. The van der Waals surface area contributed by atoms with E-state index >= 15 is 0 Å². The zero-order chi connectivity index (χ0) is 20.6. The van der Waals surface area contributed by atoms with Gasteiger partial charge in [0.1, 0.15) is 11.5 Å². The quantitative estimate of drug-likeness (QED) is 0.371. The monoisotopic (exact) mass is 382 g/mol. The van der Waals surface area contributed by atoms with Crippen LogP contribution in [0.15, 0.2) is 72.8 Å². The molecule has 0 aromatic heterocycles. The standard InChI is InChI=1S/C27H26O2/c1-3-5-7-26(21-10-8-20(6-4-2)9-11-21)27(22-12-16-24(28)17-13-22)23-14-18-25(29)19-15-23/h8-19,28-29H,3,5,7H2,1-2H3. The first-order valence-corrected chi connectivity index (χ1v) is 9.97. The fourth-order valence-corrected chi connectivity index (χ4v) is 3.44. The van der Waals surface area contributed by atoms with E-state index in [1.54, 1.807) is 24.3 Å². The molecule has 29 heavy (non-hydrogen) atoms. The van der Waals surface area contributed by atoms with Gasteiger partial charge in [-0.2, -0.15) is 0 Å². The SMILES string of the molecule is CC#Cc1ccc(C(CCCC)=C(c2ccc(O)cc2)c2ccc(O)cc2)cc1. The van der Waals surface area contributed by atoms with Crippen molar-refractivity contribution in [3.8, 4) is 23.3 Å². The van der Waals surface area contributed by atoms with Crippen LogP contribution in [0.2, 0.25) is 0 Å². The predicted octanol–water partition coefficient (Wildman–Crippen LogP) is 6.62. The molecule has 0 spiro atoms. The summed E-state index contributed by atoms with van der Waals surface area (Å²) in [6.07, 6.45) is 3.11. The fraction of sp³-hybridized carbons (Fsp3) is 0.185. The second-order valence-corrected chi connectivity index (χ2v) is 7.00. The minimum absolute atomic E-state index is 0.247. The zero-order valence-corrected chi connectivity index (χ0v) is 16.9. The van der Waals surface area contributed by atoms with E-state index in [2.05, 4.69) is 43.0 Å². The highest BCUT2D eigenvalue weighted by Crippen LogP contribution is 2.36. The van der Waals surface area contributed by atoms with Crippen LogP contribution in [0.1, 0.15) is 55.4 Å². The molecule has 0 saturated carbocycles. The van der Waals surface area contributed by atoms with Gasteiger partial charge in [-0.15, -0.1) is 5.92 Å². The Bertz CT molecular complexity index is 981. The number of benzene rings is 3. The molecule has 0 amide bonds. The molecule has 0 radical (unpaired) electrons. The minimum Gasteiger partial charge on any atom is -0.508 e. The van der Waals surface area contributed by atoms with Gasteiger partial charge in [-0.05, 0) is 84.0 Å². The summed E-state index contributed by atoms with van der Waals surface area (Å²) >= 11 is 0. The molecule has 0 bridgehead atoms. The molecule has 0 heterocycles. The van der Waals surface area contributed by atoms with Gasteiger partial charge < -0.3 is 10.2 Å². The summed E-state index contributed by atoms with van der Waals surface area (Å²) in [5.74, 6) is 6.54. The lowest BCUT2D eigenvalue weighted by atomic mass is 9.86. The lowest BCUT2D eigenvalue weighted by molar-refractivity contribution is 0.475. The first-order valence-electron chi connectivity index (χ1n) is 9.97. The number of rotatable bonds is 6. The van der Waals surface area contributed by atoms with Gasteiger partial charge in [-0.3, -0.25) is 0 Å². The fourth-order valence-electron chi connectivity index (χ4n) is 3.44. The van der Waals surface area contributed by atoms with Crippen LogP contribution in [0.4, 0.5) is 0 Å². The summed E-state index contributed by atoms with van der Waals surface area (Å²) in [6, 6.07) is 23.0. The van der Waals surface area contributed by atoms with Crippen LogP contribution < -0.4 is 0 Å². The number of aromatic hydroxyl groups is 2.